The minimum atomic E-state index is 0.716. The Hall–Kier alpha value is -2.80. The third kappa shape index (κ3) is 3.72. The van der Waals surface area contributed by atoms with Crippen molar-refractivity contribution in [3.8, 4) is 0 Å². The van der Waals surface area contributed by atoms with Crippen LogP contribution in [-0.4, -0.2) is 42.9 Å². The van der Waals surface area contributed by atoms with Gasteiger partial charge in [-0.15, -0.1) is 0 Å². The Balaban J connectivity index is 1.45. The van der Waals surface area contributed by atoms with Gasteiger partial charge in [0, 0.05) is 56.3 Å². The minimum absolute atomic E-state index is 0.716. The molecule has 4 rings (SSSR count). The van der Waals surface area contributed by atoms with Gasteiger partial charge in [0.25, 0.3) is 0 Å². The number of hydrogen-bond donors (Lipinski definition) is 2. The number of anilines is 1. The van der Waals surface area contributed by atoms with Crippen molar-refractivity contribution in [2.75, 3.05) is 18.4 Å². The second-order valence-electron chi connectivity index (χ2n) is 6.61. The molecule has 0 unspecified atom stereocenters. The number of rotatable bonds is 5. The van der Waals surface area contributed by atoms with Gasteiger partial charge in [0.2, 0.25) is 0 Å². The number of imidazole rings is 1. The van der Waals surface area contributed by atoms with E-state index in [1.54, 1.807) is 18.9 Å². The van der Waals surface area contributed by atoms with E-state index in [2.05, 4.69) is 48.1 Å². The van der Waals surface area contributed by atoms with Crippen molar-refractivity contribution < 1.29 is 0 Å². The van der Waals surface area contributed by atoms with E-state index >= 15 is 0 Å². The van der Waals surface area contributed by atoms with Crippen molar-refractivity contribution in [2.24, 2.45) is 0 Å². The van der Waals surface area contributed by atoms with Crippen molar-refractivity contribution in [1.29, 1.82) is 0 Å². The lowest BCUT2D eigenvalue weighted by Gasteiger charge is -2.18. The molecule has 1 aliphatic rings. The van der Waals surface area contributed by atoms with Gasteiger partial charge in [0.1, 0.15) is 12.1 Å². The average molecular weight is 349 g/mol. The maximum absolute atomic E-state index is 4.53. The quantitative estimate of drug-likeness (QED) is 0.734. The molecule has 0 bridgehead atoms. The largest absolute Gasteiger partial charge is 0.366 e. The predicted molar refractivity (Wildman–Crippen MR) is 99.6 cm³/mol. The molecule has 0 amide bonds. The lowest BCUT2D eigenvalue weighted by Crippen LogP contribution is -2.26. The predicted octanol–water partition coefficient (Wildman–Crippen LogP) is 2.12. The zero-order chi connectivity index (χ0) is 17.8. The van der Waals surface area contributed by atoms with Crippen molar-refractivity contribution in [3.63, 3.8) is 0 Å². The van der Waals surface area contributed by atoms with E-state index in [9.17, 15) is 0 Å². The zero-order valence-electron chi connectivity index (χ0n) is 14.9. The van der Waals surface area contributed by atoms with Crippen molar-refractivity contribution >= 4 is 5.82 Å². The summed E-state index contributed by atoms with van der Waals surface area (Å²) >= 11 is 0. The minimum Gasteiger partial charge on any atom is -0.366 e. The Kier molecular flexibility index (Phi) is 4.88. The first kappa shape index (κ1) is 16.7. The maximum Gasteiger partial charge on any atom is 0.133 e. The summed E-state index contributed by atoms with van der Waals surface area (Å²) in [6.45, 7) is 5.62. The monoisotopic (exact) mass is 349 g/mol. The number of fused-ring (bicyclic) bond motifs is 1. The number of pyridine rings is 1. The molecule has 26 heavy (non-hydrogen) atoms. The summed E-state index contributed by atoms with van der Waals surface area (Å²) in [6.07, 6.45) is 8.97. The lowest BCUT2D eigenvalue weighted by molar-refractivity contribution is 0.275. The highest BCUT2D eigenvalue weighted by Gasteiger charge is 2.19. The fraction of sp³-hybridized carbons (Fsp3) is 0.368. The first-order valence-electron chi connectivity index (χ1n) is 8.96. The SMILES string of the molecule is Cc1[nH]cnc1CN1CCc2ncnc(NCc3cccnc3)c2CC1. The van der Waals surface area contributed by atoms with Crippen LogP contribution in [0, 0.1) is 6.92 Å². The van der Waals surface area contributed by atoms with E-state index in [0.29, 0.717) is 6.54 Å². The summed E-state index contributed by atoms with van der Waals surface area (Å²) in [5.41, 5.74) is 5.79. The summed E-state index contributed by atoms with van der Waals surface area (Å²) in [6, 6.07) is 4.01. The standard InChI is InChI=1S/C19H23N7/c1-14-18(24-12-22-14)11-26-7-4-16-17(5-8-26)23-13-25-19(16)21-10-15-3-2-6-20-9-15/h2-3,6,9,12-13H,4-5,7-8,10-11H2,1H3,(H,22,24)(H,21,23,25). The first-order valence-corrected chi connectivity index (χ1v) is 8.96. The molecular formula is C19H23N7. The maximum atomic E-state index is 4.53. The van der Waals surface area contributed by atoms with E-state index in [-0.39, 0.29) is 0 Å². The van der Waals surface area contributed by atoms with Gasteiger partial charge in [-0.3, -0.25) is 9.88 Å². The molecule has 7 heteroatoms. The normalized spacial score (nSPS) is 14.7. The van der Waals surface area contributed by atoms with E-state index < -0.39 is 0 Å². The second-order valence-corrected chi connectivity index (χ2v) is 6.61. The van der Waals surface area contributed by atoms with Gasteiger partial charge in [-0.25, -0.2) is 15.0 Å². The number of aryl methyl sites for hydroxylation is 1. The fourth-order valence-electron chi connectivity index (χ4n) is 3.33. The molecule has 0 fully saturated rings. The van der Waals surface area contributed by atoms with Crippen LogP contribution < -0.4 is 5.32 Å². The van der Waals surface area contributed by atoms with Gasteiger partial charge in [0.15, 0.2) is 0 Å². The Morgan fingerprint density at radius 2 is 2.12 bits per heavy atom. The Bertz CT molecular complexity index is 859. The van der Waals surface area contributed by atoms with Crippen LogP contribution in [0.2, 0.25) is 0 Å². The Labute approximate surface area is 152 Å². The third-order valence-corrected chi connectivity index (χ3v) is 4.87. The average Bonchev–Trinajstić information content (AvgIpc) is 2.96. The van der Waals surface area contributed by atoms with Crippen LogP contribution in [0.25, 0.3) is 0 Å². The number of aromatic amines is 1. The van der Waals surface area contributed by atoms with Crippen molar-refractivity contribution in [3.05, 3.63) is 65.4 Å². The summed E-state index contributed by atoms with van der Waals surface area (Å²) in [5, 5.41) is 3.46. The molecule has 134 valence electrons. The molecule has 0 saturated carbocycles. The van der Waals surface area contributed by atoms with Gasteiger partial charge in [-0.05, 0) is 25.0 Å². The summed E-state index contributed by atoms with van der Waals surface area (Å²) in [5.74, 6) is 0.941. The van der Waals surface area contributed by atoms with Gasteiger partial charge < -0.3 is 10.3 Å². The van der Waals surface area contributed by atoms with Gasteiger partial charge in [0.05, 0.1) is 17.7 Å². The molecule has 0 saturated heterocycles. The van der Waals surface area contributed by atoms with Crippen LogP contribution in [0.5, 0.6) is 0 Å². The molecule has 2 N–H and O–H groups in total. The molecule has 0 radical (unpaired) electrons. The van der Waals surface area contributed by atoms with Crippen LogP contribution in [-0.2, 0) is 25.9 Å². The molecule has 3 aromatic rings. The second kappa shape index (κ2) is 7.61. The molecule has 3 aromatic heterocycles. The lowest BCUT2D eigenvalue weighted by atomic mass is 10.1. The number of hydrogen-bond acceptors (Lipinski definition) is 6. The van der Waals surface area contributed by atoms with E-state index in [1.807, 2.05) is 12.3 Å². The molecule has 0 atom stereocenters. The van der Waals surface area contributed by atoms with E-state index in [4.69, 9.17) is 0 Å². The number of nitrogens with zero attached hydrogens (tertiary/aromatic N) is 5. The molecule has 7 nitrogen and oxygen atoms in total. The van der Waals surface area contributed by atoms with Gasteiger partial charge in [-0.2, -0.15) is 0 Å². The molecular weight excluding hydrogens is 326 g/mol. The zero-order valence-corrected chi connectivity index (χ0v) is 14.9. The number of aromatic nitrogens is 5. The third-order valence-electron chi connectivity index (χ3n) is 4.87. The first-order chi connectivity index (χ1) is 12.8. The fourth-order valence-corrected chi connectivity index (χ4v) is 3.33. The molecule has 1 aliphatic heterocycles. The van der Waals surface area contributed by atoms with E-state index in [0.717, 1.165) is 60.9 Å². The van der Waals surface area contributed by atoms with Crippen LogP contribution in [0.4, 0.5) is 5.82 Å². The molecule has 0 aromatic carbocycles. The van der Waals surface area contributed by atoms with Crippen molar-refractivity contribution in [1.82, 2.24) is 29.8 Å². The van der Waals surface area contributed by atoms with Gasteiger partial charge in [-0.1, -0.05) is 6.07 Å². The van der Waals surface area contributed by atoms with Crippen LogP contribution in [0.15, 0.2) is 37.2 Å². The smallest absolute Gasteiger partial charge is 0.133 e. The number of H-pyrrole nitrogens is 1. The van der Waals surface area contributed by atoms with Gasteiger partial charge >= 0.3 is 0 Å². The van der Waals surface area contributed by atoms with E-state index in [1.165, 1.54) is 5.56 Å². The van der Waals surface area contributed by atoms with Crippen LogP contribution >= 0.6 is 0 Å². The van der Waals surface area contributed by atoms with Crippen LogP contribution in [0.3, 0.4) is 0 Å². The summed E-state index contributed by atoms with van der Waals surface area (Å²) in [7, 11) is 0. The van der Waals surface area contributed by atoms with Crippen molar-refractivity contribution in [2.45, 2.75) is 32.9 Å². The Morgan fingerprint density at radius 1 is 1.19 bits per heavy atom. The highest BCUT2D eigenvalue weighted by atomic mass is 15.1. The highest BCUT2D eigenvalue weighted by molar-refractivity contribution is 5.47. The van der Waals surface area contributed by atoms with Crippen LogP contribution in [0.1, 0.15) is 28.2 Å². The highest BCUT2D eigenvalue weighted by Crippen LogP contribution is 2.21. The number of nitrogens with one attached hydrogen (secondary N) is 2. The summed E-state index contributed by atoms with van der Waals surface area (Å²) < 4.78 is 0. The molecule has 4 heterocycles. The molecule has 0 spiro atoms. The topological polar surface area (TPSA) is 82.6 Å². The summed E-state index contributed by atoms with van der Waals surface area (Å²) in [4.78, 5) is 23.2. The molecule has 0 aliphatic carbocycles. The Morgan fingerprint density at radius 3 is 2.92 bits per heavy atom.